The molecule has 1 aliphatic heterocycles. The Morgan fingerprint density at radius 3 is 2.41 bits per heavy atom. The van der Waals surface area contributed by atoms with Crippen LogP contribution in [0.4, 0.5) is 0 Å². The normalized spacial score (nSPS) is 20.6. The summed E-state index contributed by atoms with van der Waals surface area (Å²) >= 11 is 5.90. The summed E-state index contributed by atoms with van der Waals surface area (Å²) in [4.78, 5) is 25.9. The lowest BCUT2D eigenvalue weighted by Gasteiger charge is -2.38. The number of nitrogens with zero attached hydrogens (tertiary/aromatic N) is 1. The van der Waals surface area contributed by atoms with E-state index in [0.717, 1.165) is 5.56 Å². The number of aliphatic carboxylic acids is 1. The van der Waals surface area contributed by atoms with Crippen molar-refractivity contribution < 1.29 is 14.7 Å². The average Bonchev–Trinajstić information content (AvgIpc) is 2.51. The molecule has 0 bridgehead atoms. The molecule has 22 heavy (non-hydrogen) atoms. The molecule has 1 N–H and O–H groups in total. The van der Waals surface area contributed by atoms with E-state index in [1.165, 1.54) is 4.90 Å². The van der Waals surface area contributed by atoms with Crippen LogP contribution in [0.15, 0.2) is 48.5 Å². The number of hydrogen-bond donors (Lipinski definition) is 1. The molecule has 1 heterocycles. The second kappa shape index (κ2) is 5.46. The van der Waals surface area contributed by atoms with Gasteiger partial charge in [0.25, 0.3) is 5.91 Å². The van der Waals surface area contributed by atoms with Crippen LogP contribution >= 0.6 is 11.6 Å². The van der Waals surface area contributed by atoms with E-state index < -0.39 is 17.9 Å². The van der Waals surface area contributed by atoms with Gasteiger partial charge in [0.15, 0.2) is 0 Å². The summed E-state index contributed by atoms with van der Waals surface area (Å²) in [7, 11) is 1.63. The van der Waals surface area contributed by atoms with Gasteiger partial charge in [0.1, 0.15) is 5.92 Å². The summed E-state index contributed by atoms with van der Waals surface area (Å²) in [6.45, 7) is 0. The molecule has 0 saturated carbocycles. The molecule has 1 aliphatic rings. The number of amides is 1. The van der Waals surface area contributed by atoms with Gasteiger partial charge in [-0.05, 0) is 29.3 Å². The number of carbonyl (C=O) groups excluding carboxylic acids is 1. The van der Waals surface area contributed by atoms with E-state index in [0.29, 0.717) is 16.1 Å². The number of benzene rings is 2. The quantitative estimate of drug-likeness (QED) is 0.924. The number of carboxylic acids is 1. The third-order valence-electron chi connectivity index (χ3n) is 4.06. The Labute approximate surface area is 132 Å². The molecule has 2 aromatic rings. The van der Waals surface area contributed by atoms with Gasteiger partial charge in [-0.2, -0.15) is 0 Å². The maximum absolute atomic E-state index is 12.5. The Morgan fingerprint density at radius 1 is 1.14 bits per heavy atom. The fourth-order valence-electron chi connectivity index (χ4n) is 3.02. The van der Waals surface area contributed by atoms with Crippen LogP contribution in [0.25, 0.3) is 0 Å². The Hall–Kier alpha value is -2.33. The number of likely N-dealkylation sites (N-methyl/N-ethyl adjacent to an activating group) is 1. The molecule has 2 atom stereocenters. The predicted octanol–water partition coefficient (Wildman–Crippen LogP) is 3.34. The Morgan fingerprint density at radius 2 is 1.77 bits per heavy atom. The summed E-state index contributed by atoms with van der Waals surface area (Å²) in [5.74, 6) is -1.93. The van der Waals surface area contributed by atoms with E-state index in [1.807, 2.05) is 0 Å². The number of halogens is 1. The first kappa shape index (κ1) is 14.6. The number of rotatable bonds is 2. The molecule has 1 amide bonds. The van der Waals surface area contributed by atoms with Crippen LogP contribution in [-0.4, -0.2) is 28.9 Å². The highest BCUT2D eigenvalue weighted by Gasteiger charge is 2.42. The van der Waals surface area contributed by atoms with Crippen molar-refractivity contribution >= 4 is 23.5 Å². The lowest BCUT2D eigenvalue weighted by atomic mass is 9.80. The first-order chi connectivity index (χ1) is 10.5. The van der Waals surface area contributed by atoms with Gasteiger partial charge >= 0.3 is 5.97 Å². The van der Waals surface area contributed by atoms with Gasteiger partial charge in [-0.3, -0.25) is 9.59 Å². The highest BCUT2D eigenvalue weighted by atomic mass is 35.5. The maximum Gasteiger partial charge on any atom is 0.313 e. The first-order valence-electron chi connectivity index (χ1n) is 6.85. The summed E-state index contributed by atoms with van der Waals surface area (Å²) < 4.78 is 0. The summed E-state index contributed by atoms with van der Waals surface area (Å²) in [6, 6.07) is 13.3. The van der Waals surface area contributed by atoms with Crippen LogP contribution in [0.1, 0.15) is 33.4 Å². The molecule has 5 heteroatoms. The molecule has 3 rings (SSSR count). The molecular weight excluding hydrogens is 302 g/mol. The second-order valence-corrected chi connectivity index (χ2v) is 5.75. The first-order valence-corrected chi connectivity index (χ1v) is 7.23. The van der Waals surface area contributed by atoms with Gasteiger partial charge < -0.3 is 10.0 Å². The van der Waals surface area contributed by atoms with Crippen molar-refractivity contribution in [1.82, 2.24) is 4.90 Å². The van der Waals surface area contributed by atoms with Crippen LogP contribution in [-0.2, 0) is 4.79 Å². The van der Waals surface area contributed by atoms with Crippen molar-refractivity contribution in [2.45, 2.75) is 12.0 Å². The van der Waals surface area contributed by atoms with Crippen molar-refractivity contribution in [1.29, 1.82) is 0 Å². The summed E-state index contributed by atoms with van der Waals surface area (Å²) in [5.41, 5.74) is 1.75. The number of carbonyl (C=O) groups is 2. The smallest absolute Gasteiger partial charge is 0.313 e. The van der Waals surface area contributed by atoms with E-state index >= 15 is 0 Å². The van der Waals surface area contributed by atoms with Crippen molar-refractivity contribution in [2.75, 3.05) is 7.05 Å². The number of fused-ring (bicyclic) bond motifs is 1. The molecule has 0 fully saturated rings. The third kappa shape index (κ3) is 2.25. The highest BCUT2D eigenvalue weighted by Crippen LogP contribution is 2.42. The van der Waals surface area contributed by atoms with Gasteiger partial charge in [0.05, 0.1) is 6.04 Å². The molecule has 2 aromatic carbocycles. The zero-order chi connectivity index (χ0) is 15.9. The van der Waals surface area contributed by atoms with Crippen molar-refractivity contribution in [2.24, 2.45) is 0 Å². The zero-order valence-electron chi connectivity index (χ0n) is 11.9. The molecule has 0 radical (unpaired) electrons. The van der Waals surface area contributed by atoms with Crippen LogP contribution in [0.2, 0.25) is 5.02 Å². The Bertz CT molecular complexity index is 742. The van der Waals surface area contributed by atoms with Gasteiger partial charge in [0, 0.05) is 17.6 Å². The molecule has 0 unspecified atom stereocenters. The monoisotopic (exact) mass is 315 g/mol. The second-order valence-electron chi connectivity index (χ2n) is 5.32. The highest BCUT2D eigenvalue weighted by molar-refractivity contribution is 6.30. The van der Waals surface area contributed by atoms with E-state index in [9.17, 15) is 14.7 Å². The predicted molar refractivity (Wildman–Crippen MR) is 83.1 cm³/mol. The Kier molecular flexibility index (Phi) is 3.62. The topological polar surface area (TPSA) is 57.6 Å². The number of hydrogen-bond acceptors (Lipinski definition) is 2. The lowest BCUT2D eigenvalue weighted by Crippen LogP contribution is -2.42. The fourth-order valence-corrected chi connectivity index (χ4v) is 3.14. The van der Waals surface area contributed by atoms with E-state index in [-0.39, 0.29) is 5.91 Å². The van der Waals surface area contributed by atoms with Crippen LogP contribution in [0, 0.1) is 0 Å². The molecule has 0 spiro atoms. The fraction of sp³-hybridized carbons (Fsp3) is 0.176. The van der Waals surface area contributed by atoms with E-state index in [2.05, 4.69) is 0 Å². The minimum atomic E-state index is -0.952. The van der Waals surface area contributed by atoms with Gasteiger partial charge in [0.2, 0.25) is 0 Å². The standard InChI is InChI=1S/C17H14ClNO3/c1-19-15(10-6-8-11(18)9-7-10)14(17(21)22)12-4-2-3-5-13(12)16(19)20/h2-9,14-15H,1H3,(H,21,22)/t14-,15+/m0/s1. The van der Waals surface area contributed by atoms with Gasteiger partial charge in [-0.1, -0.05) is 41.9 Å². The molecule has 112 valence electrons. The van der Waals surface area contributed by atoms with E-state index in [4.69, 9.17) is 11.6 Å². The third-order valence-corrected chi connectivity index (χ3v) is 4.31. The van der Waals surface area contributed by atoms with Crippen molar-refractivity contribution in [3.05, 3.63) is 70.2 Å². The summed E-state index contributed by atoms with van der Waals surface area (Å²) in [6.07, 6.45) is 0. The number of carboxylic acid groups (broad SMARTS) is 1. The molecular formula is C17H14ClNO3. The summed E-state index contributed by atoms with van der Waals surface area (Å²) in [5, 5.41) is 10.3. The minimum absolute atomic E-state index is 0.173. The average molecular weight is 316 g/mol. The SMILES string of the molecule is CN1C(=O)c2ccccc2[C@H](C(=O)O)[C@H]1c1ccc(Cl)cc1. The molecule has 4 nitrogen and oxygen atoms in total. The maximum atomic E-state index is 12.5. The van der Waals surface area contributed by atoms with Crippen molar-refractivity contribution in [3.63, 3.8) is 0 Å². The minimum Gasteiger partial charge on any atom is -0.481 e. The largest absolute Gasteiger partial charge is 0.481 e. The molecule has 0 aliphatic carbocycles. The zero-order valence-corrected chi connectivity index (χ0v) is 12.6. The van der Waals surface area contributed by atoms with Crippen molar-refractivity contribution in [3.8, 4) is 0 Å². The lowest BCUT2D eigenvalue weighted by molar-refractivity contribution is -0.140. The van der Waals surface area contributed by atoms with Gasteiger partial charge in [-0.25, -0.2) is 0 Å². The van der Waals surface area contributed by atoms with Crippen LogP contribution < -0.4 is 0 Å². The Balaban J connectivity index is 2.18. The molecule has 0 aromatic heterocycles. The van der Waals surface area contributed by atoms with Crippen LogP contribution in [0.3, 0.4) is 0 Å². The van der Waals surface area contributed by atoms with E-state index in [1.54, 1.807) is 55.6 Å². The van der Waals surface area contributed by atoms with Gasteiger partial charge in [-0.15, -0.1) is 0 Å². The molecule has 0 saturated heterocycles. The van der Waals surface area contributed by atoms with Crippen LogP contribution in [0.5, 0.6) is 0 Å².